The number of carbonyl (C=O) groups is 1. The molecule has 33 heavy (non-hydrogen) atoms. The number of carbonyl (C=O) groups excluding carboxylic acids is 1. The molecule has 2 aliphatic rings. The van der Waals surface area contributed by atoms with Crippen LogP contribution in [0.25, 0.3) is 0 Å². The molecule has 0 saturated carbocycles. The van der Waals surface area contributed by atoms with Crippen LogP contribution in [-0.2, 0) is 0 Å². The van der Waals surface area contributed by atoms with Crippen LogP contribution in [0.3, 0.4) is 0 Å². The number of benzene rings is 2. The molecule has 180 valence electrons. The largest absolute Gasteiger partial charge is 1.00 e. The van der Waals surface area contributed by atoms with Crippen LogP contribution in [0.1, 0.15) is 56.8 Å². The number of quaternary nitrogens is 1. The summed E-state index contributed by atoms with van der Waals surface area (Å²) >= 11 is 1.81. The Morgan fingerprint density at radius 3 is 2.45 bits per heavy atom. The molecule has 1 unspecified atom stereocenters. The van der Waals surface area contributed by atoms with Gasteiger partial charge in [-0.1, -0.05) is 37.7 Å². The first kappa shape index (κ1) is 26.4. The van der Waals surface area contributed by atoms with Gasteiger partial charge >= 0.3 is 0 Å². The highest BCUT2D eigenvalue weighted by molar-refractivity contribution is 7.99. The lowest BCUT2D eigenvalue weighted by Crippen LogP contribution is -3.00. The summed E-state index contributed by atoms with van der Waals surface area (Å²) < 4.78 is 1.14. The van der Waals surface area contributed by atoms with Gasteiger partial charge in [0.15, 0.2) is 0 Å². The molecular formula is C27H38IN3OS. The number of para-hydroxylation sites is 1. The molecule has 2 aliphatic heterocycles. The Morgan fingerprint density at radius 2 is 1.73 bits per heavy atom. The van der Waals surface area contributed by atoms with Crippen molar-refractivity contribution in [2.75, 3.05) is 38.1 Å². The van der Waals surface area contributed by atoms with E-state index < -0.39 is 0 Å². The van der Waals surface area contributed by atoms with Crippen LogP contribution in [0, 0.1) is 5.92 Å². The van der Waals surface area contributed by atoms with Crippen molar-refractivity contribution in [3.8, 4) is 0 Å². The first-order valence-corrected chi connectivity index (χ1v) is 13.0. The molecule has 4 rings (SSSR count). The lowest BCUT2D eigenvalue weighted by atomic mass is 10.1. The maximum atomic E-state index is 12.9. The second-order valence-electron chi connectivity index (χ2n) is 10.2. The van der Waals surface area contributed by atoms with Crippen molar-refractivity contribution in [3.63, 3.8) is 0 Å². The van der Waals surface area contributed by atoms with E-state index in [4.69, 9.17) is 0 Å². The Labute approximate surface area is 221 Å². The van der Waals surface area contributed by atoms with Gasteiger partial charge in [0.1, 0.15) is 0 Å². The van der Waals surface area contributed by atoms with E-state index in [1.807, 2.05) is 17.8 Å². The van der Waals surface area contributed by atoms with Gasteiger partial charge in [0.2, 0.25) is 0 Å². The number of hydrogen-bond acceptors (Lipinski definition) is 3. The minimum absolute atomic E-state index is 0. The highest BCUT2D eigenvalue weighted by Crippen LogP contribution is 2.49. The van der Waals surface area contributed by atoms with Gasteiger partial charge in [-0.05, 0) is 68.9 Å². The Balaban J connectivity index is 0.00000306. The van der Waals surface area contributed by atoms with E-state index in [1.165, 1.54) is 53.5 Å². The number of amides is 1. The number of fused-ring (bicyclic) bond motifs is 2. The van der Waals surface area contributed by atoms with E-state index >= 15 is 0 Å². The monoisotopic (exact) mass is 579 g/mol. The van der Waals surface area contributed by atoms with Crippen molar-refractivity contribution in [3.05, 3.63) is 48.0 Å². The number of piperidine rings is 1. The summed E-state index contributed by atoms with van der Waals surface area (Å²) in [7, 11) is 2.42. The summed E-state index contributed by atoms with van der Waals surface area (Å²) in [5.41, 5.74) is 3.18. The molecule has 2 aromatic carbocycles. The minimum Gasteiger partial charge on any atom is -1.00 e. The van der Waals surface area contributed by atoms with E-state index in [0.29, 0.717) is 12.0 Å². The highest BCUT2D eigenvalue weighted by Gasteiger charge is 2.33. The summed E-state index contributed by atoms with van der Waals surface area (Å²) in [6.45, 7) is 11.1. The molecule has 1 N–H and O–H groups in total. The van der Waals surface area contributed by atoms with Crippen LogP contribution in [-0.4, -0.2) is 49.7 Å². The van der Waals surface area contributed by atoms with Crippen molar-refractivity contribution in [2.24, 2.45) is 5.92 Å². The third-order valence-electron chi connectivity index (χ3n) is 6.87. The van der Waals surface area contributed by atoms with Crippen molar-refractivity contribution in [1.29, 1.82) is 0 Å². The second kappa shape index (κ2) is 11.5. The topological polar surface area (TPSA) is 32.3 Å². The van der Waals surface area contributed by atoms with E-state index in [1.54, 1.807) is 0 Å². The van der Waals surface area contributed by atoms with Gasteiger partial charge in [-0.25, -0.2) is 0 Å². The Hall–Kier alpha value is -1.25. The van der Waals surface area contributed by atoms with Crippen LogP contribution >= 0.6 is 11.8 Å². The van der Waals surface area contributed by atoms with Crippen LogP contribution < -0.4 is 34.2 Å². The number of nitrogens with zero attached hydrogens (tertiary/aromatic N) is 2. The average Bonchev–Trinajstić information content (AvgIpc) is 2.76. The highest BCUT2D eigenvalue weighted by atomic mass is 127. The molecule has 2 aromatic rings. The number of hydrogen-bond donors (Lipinski definition) is 1. The molecule has 0 spiro atoms. The molecule has 1 atom stereocenters. The predicted molar refractivity (Wildman–Crippen MR) is 135 cm³/mol. The van der Waals surface area contributed by atoms with Gasteiger partial charge in [0, 0.05) is 21.9 Å². The van der Waals surface area contributed by atoms with Crippen LogP contribution in [0.5, 0.6) is 0 Å². The normalized spacial score (nSPS) is 17.5. The molecule has 6 heteroatoms. The summed E-state index contributed by atoms with van der Waals surface area (Å²) in [4.78, 5) is 17.9. The van der Waals surface area contributed by atoms with E-state index in [2.05, 4.69) is 74.4 Å². The van der Waals surface area contributed by atoms with E-state index in [0.717, 1.165) is 29.6 Å². The Bertz CT molecular complexity index is 958. The van der Waals surface area contributed by atoms with Crippen molar-refractivity contribution < 1.29 is 33.3 Å². The maximum Gasteiger partial charge on any atom is 0.251 e. The molecule has 0 radical (unpaired) electrons. The van der Waals surface area contributed by atoms with Crippen molar-refractivity contribution in [2.45, 2.75) is 62.3 Å². The fraction of sp³-hybridized carbons (Fsp3) is 0.519. The predicted octanol–water partition coefficient (Wildman–Crippen LogP) is 3.09. The third-order valence-corrected chi connectivity index (χ3v) is 8.00. The maximum absolute atomic E-state index is 12.9. The molecule has 0 aromatic heterocycles. The fourth-order valence-corrected chi connectivity index (χ4v) is 6.21. The SMILES string of the molecule is CC(C)CCNC(=O)c1ccc2c(c1)N(C(C)C[N+]1(C)CCCCC1)c1ccccc1S2.[I-]. The summed E-state index contributed by atoms with van der Waals surface area (Å²) in [6.07, 6.45) is 5.02. The molecule has 0 aliphatic carbocycles. The van der Waals surface area contributed by atoms with Gasteiger partial charge in [0.25, 0.3) is 5.91 Å². The summed E-state index contributed by atoms with van der Waals surface area (Å²) in [6, 6.07) is 15.3. The molecule has 1 saturated heterocycles. The average molecular weight is 580 g/mol. The molecule has 1 fully saturated rings. The van der Waals surface area contributed by atoms with Crippen LogP contribution in [0.4, 0.5) is 11.4 Å². The zero-order valence-corrected chi connectivity index (χ0v) is 23.4. The molecular weight excluding hydrogens is 541 g/mol. The van der Waals surface area contributed by atoms with Crippen LogP contribution in [0.15, 0.2) is 52.3 Å². The first-order valence-electron chi connectivity index (χ1n) is 12.2. The number of likely N-dealkylation sites (N-methyl/N-ethyl adjacent to an activating group) is 1. The molecule has 4 nitrogen and oxygen atoms in total. The van der Waals surface area contributed by atoms with Crippen LogP contribution in [0.2, 0.25) is 0 Å². The number of likely N-dealkylation sites (tertiary alicyclic amines) is 1. The zero-order valence-electron chi connectivity index (χ0n) is 20.4. The zero-order chi connectivity index (χ0) is 22.7. The first-order chi connectivity index (χ1) is 15.4. The Kier molecular flexibility index (Phi) is 9.15. The van der Waals surface area contributed by atoms with Gasteiger partial charge in [-0.3, -0.25) is 4.79 Å². The standard InChI is InChI=1S/C27H37N3OS.HI/c1-20(2)14-15-28-27(31)22-12-13-26-24(18-22)29(23-10-6-7-11-25(23)32-26)21(3)19-30(4)16-8-5-9-17-30;/h6-7,10-13,18,20-21H,5,8-9,14-17,19H2,1-4H3;1H. The lowest BCUT2D eigenvalue weighted by Gasteiger charge is -2.44. The molecule has 1 amide bonds. The summed E-state index contributed by atoms with van der Waals surface area (Å²) in [5.74, 6) is 0.613. The van der Waals surface area contributed by atoms with Gasteiger partial charge in [-0.15, -0.1) is 0 Å². The van der Waals surface area contributed by atoms with Crippen molar-refractivity contribution >= 4 is 29.0 Å². The Morgan fingerprint density at radius 1 is 1.03 bits per heavy atom. The van der Waals surface area contributed by atoms with Gasteiger partial charge < -0.3 is 38.7 Å². The lowest BCUT2D eigenvalue weighted by molar-refractivity contribution is -0.914. The second-order valence-corrected chi connectivity index (χ2v) is 11.3. The third kappa shape index (κ3) is 6.25. The fourth-order valence-electron chi connectivity index (χ4n) is 5.15. The molecule has 0 bridgehead atoms. The molecule has 2 heterocycles. The quantitative estimate of drug-likeness (QED) is 0.405. The van der Waals surface area contributed by atoms with E-state index in [-0.39, 0.29) is 29.9 Å². The number of anilines is 2. The smallest absolute Gasteiger partial charge is 0.251 e. The number of halogens is 1. The van der Waals surface area contributed by atoms with Gasteiger partial charge in [0.05, 0.1) is 44.1 Å². The van der Waals surface area contributed by atoms with Gasteiger partial charge in [-0.2, -0.15) is 0 Å². The van der Waals surface area contributed by atoms with E-state index in [9.17, 15) is 4.79 Å². The number of rotatable bonds is 7. The summed E-state index contributed by atoms with van der Waals surface area (Å²) in [5, 5.41) is 3.10. The van der Waals surface area contributed by atoms with Crippen molar-refractivity contribution in [1.82, 2.24) is 5.32 Å². The minimum atomic E-state index is 0. The number of nitrogens with one attached hydrogen (secondary N) is 1.